The van der Waals surface area contributed by atoms with Gasteiger partial charge >= 0.3 is 0 Å². The molecule has 0 bridgehead atoms. The van der Waals surface area contributed by atoms with Crippen LogP contribution < -0.4 is 0 Å². The molecule has 2 rings (SSSR count). The molecule has 3 nitrogen and oxygen atoms in total. The van der Waals surface area contributed by atoms with Crippen LogP contribution in [0.2, 0.25) is 0 Å². The summed E-state index contributed by atoms with van der Waals surface area (Å²) < 4.78 is 0. The Morgan fingerprint density at radius 2 is 2.00 bits per heavy atom. The van der Waals surface area contributed by atoms with Crippen LogP contribution in [0.3, 0.4) is 0 Å². The van der Waals surface area contributed by atoms with E-state index in [0.29, 0.717) is 6.42 Å². The maximum absolute atomic E-state index is 8.61. The first-order valence-corrected chi connectivity index (χ1v) is 5.40. The Hall–Kier alpha value is -2.52. The van der Waals surface area contributed by atoms with Crippen LogP contribution in [0.25, 0.3) is 10.9 Å². The molecule has 0 fully saturated rings. The summed E-state index contributed by atoms with van der Waals surface area (Å²) in [6.45, 7) is 0. The number of hydrogen-bond acceptors (Lipinski definition) is 2. The molecule has 0 radical (unpaired) electrons. The molecule has 1 aromatic carbocycles. The third kappa shape index (κ3) is 2.35. The highest BCUT2D eigenvalue weighted by atomic mass is 14.7. The van der Waals surface area contributed by atoms with Gasteiger partial charge in [0.15, 0.2) is 0 Å². The Balaban J connectivity index is 2.13. The highest BCUT2D eigenvalue weighted by molar-refractivity contribution is 5.83. The molecule has 0 unspecified atom stereocenters. The number of fused-ring (bicyclic) bond motifs is 1. The minimum Gasteiger partial charge on any atom is -0.361 e. The molecule has 0 amide bonds. The summed E-state index contributed by atoms with van der Waals surface area (Å²) in [5.74, 6) is 0. The van der Waals surface area contributed by atoms with Crippen LogP contribution in [0, 0.1) is 22.7 Å². The zero-order valence-electron chi connectivity index (χ0n) is 9.27. The zero-order chi connectivity index (χ0) is 12.1. The number of H-pyrrole nitrogens is 1. The Kier molecular flexibility index (Phi) is 3.23. The fourth-order valence-electron chi connectivity index (χ4n) is 1.83. The lowest BCUT2D eigenvalue weighted by molar-refractivity contribution is 1.01. The van der Waals surface area contributed by atoms with Crippen molar-refractivity contribution in [2.24, 2.45) is 0 Å². The summed E-state index contributed by atoms with van der Waals surface area (Å²) in [5.41, 5.74) is 2.52. The predicted octanol–water partition coefficient (Wildman–Crippen LogP) is 3.07. The van der Waals surface area contributed by atoms with Crippen molar-refractivity contribution in [2.45, 2.75) is 12.8 Å². The second-order valence-corrected chi connectivity index (χ2v) is 3.74. The van der Waals surface area contributed by atoms with Gasteiger partial charge in [-0.2, -0.15) is 10.5 Å². The number of aromatic nitrogens is 1. The normalized spacial score (nSPS) is 9.53. The summed E-state index contributed by atoms with van der Waals surface area (Å²) in [6.07, 6.45) is 5.20. The third-order valence-electron chi connectivity index (χ3n) is 2.68. The topological polar surface area (TPSA) is 63.4 Å². The summed E-state index contributed by atoms with van der Waals surface area (Å²) in [5, 5.41) is 18.4. The summed E-state index contributed by atoms with van der Waals surface area (Å²) in [7, 11) is 0. The molecule has 3 heteroatoms. The van der Waals surface area contributed by atoms with E-state index in [1.807, 2.05) is 36.5 Å². The van der Waals surface area contributed by atoms with Crippen molar-refractivity contribution >= 4 is 10.9 Å². The first kappa shape index (κ1) is 11.0. The molecule has 0 atom stereocenters. The highest BCUT2D eigenvalue weighted by Gasteiger charge is 2.01. The van der Waals surface area contributed by atoms with Gasteiger partial charge in [-0.3, -0.25) is 0 Å². The lowest BCUT2D eigenvalue weighted by Crippen LogP contribution is -1.82. The molecule has 17 heavy (non-hydrogen) atoms. The number of aryl methyl sites for hydroxylation is 1. The standard InChI is InChI=1S/C14H11N3/c15-8-11(9-16)4-3-5-12-10-17-14-7-2-1-6-13(12)14/h1-2,4,6-7,10,17H,3,5H2. The molecule has 0 aliphatic rings. The number of aromatic amines is 1. The van der Waals surface area contributed by atoms with Gasteiger partial charge in [-0.05, 0) is 24.5 Å². The molecule has 0 spiro atoms. The van der Waals surface area contributed by atoms with Crippen LogP contribution in [0.5, 0.6) is 0 Å². The van der Waals surface area contributed by atoms with E-state index in [4.69, 9.17) is 10.5 Å². The van der Waals surface area contributed by atoms with Gasteiger partial charge in [0.05, 0.1) is 0 Å². The van der Waals surface area contributed by atoms with Crippen molar-refractivity contribution in [2.75, 3.05) is 0 Å². The molecule has 0 saturated carbocycles. The van der Waals surface area contributed by atoms with E-state index in [1.54, 1.807) is 6.08 Å². The quantitative estimate of drug-likeness (QED) is 0.809. The largest absolute Gasteiger partial charge is 0.361 e. The first-order valence-electron chi connectivity index (χ1n) is 5.40. The smallest absolute Gasteiger partial charge is 0.125 e. The monoisotopic (exact) mass is 221 g/mol. The lowest BCUT2D eigenvalue weighted by Gasteiger charge is -1.95. The van der Waals surface area contributed by atoms with E-state index in [-0.39, 0.29) is 5.57 Å². The Labute approximate surface area is 99.6 Å². The van der Waals surface area contributed by atoms with Crippen molar-refractivity contribution in [3.05, 3.63) is 47.7 Å². The maximum Gasteiger partial charge on any atom is 0.125 e. The minimum atomic E-state index is 0.185. The van der Waals surface area contributed by atoms with Crippen LogP contribution in [-0.4, -0.2) is 4.98 Å². The van der Waals surface area contributed by atoms with Gasteiger partial charge in [-0.15, -0.1) is 0 Å². The average molecular weight is 221 g/mol. The number of nitrogens with one attached hydrogen (secondary N) is 1. The summed E-state index contributed by atoms with van der Waals surface area (Å²) in [6, 6.07) is 11.8. The van der Waals surface area contributed by atoms with Crippen LogP contribution in [-0.2, 0) is 6.42 Å². The maximum atomic E-state index is 8.61. The summed E-state index contributed by atoms with van der Waals surface area (Å²) in [4.78, 5) is 3.20. The van der Waals surface area contributed by atoms with Gasteiger partial charge in [0, 0.05) is 17.1 Å². The molecule has 1 heterocycles. The van der Waals surface area contributed by atoms with Gasteiger partial charge in [0.2, 0.25) is 0 Å². The Bertz CT molecular complexity index is 619. The molecule has 2 aromatic rings. The van der Waals surface area contributed by atoms with Gasteiger partial charge in [-0.25, -0.2) is 0 Å². The van der Waals surface area contributed by atoms with Crippen molar-refractivity contribution < 1.29 is 0 Å². The number of para-hydroxylation sites is 1. The minimum absolute atomic E-state index is 0.185. The first-order chi connectivity index (χ1) is 8.35. The van der Waals surface area contributed by atoms with Crippen LogP contribution in [0.15, 0.2) is 42.1 Å². The van der Waals surface area contributed by atoms with E-state index < -0.39 is 0 Å². The number of benzene rings is 1. The number of hydrogen-bond donors (Lipinski definition) is 1. The number of nitrogens with zero attached hydrogens (tertiary/aromatic N) is 2. The SMILES string of the molecule is N#CC(C#N)=CCCc1c[nH]c2ccccc12. The predicted molar refractivity (Wildman–Crippen MR) is 65.9 cm³/mol. The summed E-state index contributed by atoms with van der Waals surface area (Å²) >= 11 is 0. The average Bonchev–Trinajstić information content (AvgIpc) is 2.78. The number of allylic oxidation sites excluding steroid dienone is 2. The Morgan fingerprint density at radius 3 is 2.76 bits per heavy atom. The van der Waals surface area contributed by atoms with E-state index >= 15 is 0 Å². The van der Waals surface area contributed by atoms with Crippen molar-refractivity contribution in [3.63, 3.8) is 0 Å². The molecule has 0 aliphatic heterocycles. The van der Waals surface area contributed by atoms with Gasteiger partial charge in [0.1, 0.15) is 17.7 Å². The molecule has 1 N–H and O–H groups in total. The van der Waals surface area contributed by atoms with E-state index in [2.05, 4.69) is 11.1 Å². The lowest BCUT2D eigenvalue weighted by atomic mass is 10.1. The zero-order valence-corrected chi connectivity index (χ0v) is 9.27. The van der Waals surface area contributed by atoms with Crippen molar-refractivity contribution in [1.29, 1.82) is 10.5 Å². The van der Waals surface area contributed by atoms with Gasteiger partial charge < -0.3 is 4.98 Å². The van der Waals surface area contributed by atoms with Crippen molar-refractivity contribution in [1.82, 2.24) is 4.98 Å². The van der Waals surface area contributed by atoms with E-state index in [0.717, 1.165) is 11.9 Å². The second kappa shape index (κ2) is 5.01. The van der Waals surface area contributed by atoms with E-state index in [1.165, 1.54) is 10.9 Å². The van der Waals surface area contributed by atoms with Crippen LogP contribution in [0.1, 0.15) is 12.0 Å². The van der Waals surface area contributed by atoms with E-state index in [9.17, 15) is 0 Å². The van der Waals surface area contributed by atoms with Gasteiger partial charge in [0.25, 0.3) is 0 Å². The molecule has 0 saturated heterocycles. The fraction of sp³-hybridized carbons (Fsp3) is 0.143. The Morgan fingerprint density at radius 1 is 1.24 bits per heavy atom. The fourth-order valence-corrected chi connectivity index (χ4v) is 1.83. The highest BCUT2D eigenvalue weighted by Crippen LogP contribution is 2.19. The molecular weight excluding hydrogens is 210 g/mol. The van der Waals surface area contributed by atoms with Crippen LogP contribution in [0.4, 0.5) is 0 Å². The van der Waals surface area contributed by atoms with Gasteiger partial charge in [-0.1, -0.05) is 24.3 Å². The molecule has 82 valence electrons. The number of rotatable bonds is 3. The van der Waals surface area contributed by atoms with Crippen molar-refractivity contribution in [3.8, 4) is 12.1 Å². The third-order valence-corrected chi connectivity index (χ3v) is 2.68. The van der Waals surface area contributed by atoms with Crippen LogP contribution >= 0.6 is 0 Å². The molecule has 1 aromatic heterocycles. The number of nitriles is 2. The molecule has 0 aliphatic carbocycles. The second-order valence-electron chi connectivity index (χ2n) is 3.74. The molecular formula is C14H11N3.